The predicted molar refractivity (Wildman–Crippen MR) is 100 cm³/mol. The van der Waals surface area contributed by atoms with E-state index in [1.54, 1.807) is 0 Å². The molecule has 0 aliphatic carbocycles. The van der Waals surface area contributed by atoms with E-state index in [0.717, 1.165) is 25.7 Å². The molecule has 0 radical (unpaired) electrons. The van der Waals surface area contributed by atoms with Crippen LogP contribution in [0.15, 0.2) is 36.4 Å². The summed E-state index contributed by atoms with van der Waals surface area (Å²) in [4.78, 5) is 9.69. The highest BCUT2D eigenvalue weighted by Crippen LogP contribution is 2.13. The number of rotatable bonds is 0. The zero-order valence-corrected chi connectivity index (χ0v) is 14.8. The van der Waals surface area contributed by atoms with Crippen molar-refractivity contribution in [2.24, 2.45) is 0 Å². The Balaban J connectivity index is 1.58. The number of hydrogen-bond donors (Lipinski definition) is 0. The number of hydrogen-bond acceptors (Lipinski definition) is 2. The Morgan fingerprint density at radius 1 is 0.417 bits per heavy atom. The molecule has 24 heavy (non-hydrogen) atoms. The molecular weight excluding hydrogens is 292 g/mol. The van der Waals surface area contributed by atoms with Crippen LogP contribution in [-0.2, 0) is 25.7 Å². The van der Waals surface area contributed by atoms with Crippen molar-refractivity contribution in [1.82, 2.24) is 9.97 Å². The van der Waals surface area contributed by atoms with E-state index in [0.29, 0.717) is 0 Å². The molecule has 0 atom stereocenters. The first-order valence-corrected chi connectivity index (χ1v) is 9.80. The van der Waals surface area contributed by atoms with Crippen molar-refractivity contribution >= 4 is 0 Å². The minimum absolute atomic E-state index is 1.13. The molecule has 2 aromatic rings. The number of fused-ring (bicyclic) bond motifs is 4. The van der Waals surface area contributed by atoms with Crippen LogP contribution in [0.4, 0.5) is 0 Å². The molecule has 0 saturated carbocycles. The Kier molecular flexibility index (Phi) is 6.83. The van der Waals surface area contributed by atoms with Crippen molar-refractivity contribution in [2.75, 3.05) is 0 Å². The van der Waals surface area contributed by atoms with Gasteiger partial charge in [0.15, 0.2) is 0 Å². The highest BCUT2D eigenvalue weighted by Gasteiger charge is 2.02. The van der Waals surface area contributed by atoms with Gasteiger partial charge in [-0.2, -0.15) is 0 Å². The van der Waals surface area contributed by atoms with Crippen LogP contribution in [0.5, 0.6) is 0 Å². The van der Waals surface area contributed by atoms with Gasteiger partial charge in [0.25, 0.3) is 0 Å². The number of aryl methyl sites for hydroxylation is 4. The summed E-state index contributed by atoms with van der Waals surface area (Å²) in [5, 5.41) is 0. The SMILES string of the molecule is c1cc2nc(c1)CCCCCCc1cccc(n1)CCCCCC2. The van der Waals surface area contributed by atoms with E-state index in [2.05, 4.69) is 36.4 Å². The molecule has 3 heterocycles. The monoisotopic (exact) mass is 322 g/mol. The molecule has 0 unspecified atom stereocenters. The zero-order chi connectivity index (χ0) is 16.5. The first-order valence-electron chi connectivity index (χ1n) is 9.80. The molecule has 0 N–H and O–H groups in total. The van der Waals surface area contributed by atoms with Gasteiger partial charge < -0.3 is 0 Å². The molecule has 0 fully saturated rings. The Morgan fingerprint density at radius 2 is 0.708 bits per heavy atom. The second-order valence-electron chi connectivity index (χ2n) is 7.07. The summed E-state index contributed by atoms with van der Waals surface area (Å²) in [6.45, 7) is 0. The van der Waals surface area contributed by atoms with Gasteiger partial charge in [-0.1, -0.05) is 37.8 Å². The van der Waals surface area contributed by atoms with Crippen LogP contribution in [0.3, 0.4) is 0 Å². The van der Waals surface area contributed by atoms with Gasteiger partial charge in [0.05, 0.1) is 0 Å². The first kappa shape index (κ1) is 17.1. The van der Waals surface area contributed by atoms with Gasteiger partial charge >= 0.3 is 0 Å². The van der Waals surface area contributed by atoms with Gasteiger partial charge in [0.1, 0.15) is 0 Å². The summed E-state index contributed by atoms with van der Waals surface area (Å²) < 4.78 is 0. The van der Waals surface area contributed by atoms with Crippen LogP contribution in [0.1, 0.15) is 74.1 Å². The van der Waals surface area contributed by atoms with Gasteiger partial charge in [0.2, 0.25) is 0 Å². The van der Waals surface area contributed by atoms with E-state index in [4.69, 9.17) is 9.97 Å². The van der Waals surface area contributed by atoms with Crippen LogP contribution >= 0.6 is 0 Å². The van der Waals surface area contributed by atoms with Crippen LogP contribution in [-0.4, -0.2) is 9.97 Å². The van der Waals surface area contributed by atoms with Crippen LogP contribution in [0.2, 0.25) is 0 Å². The summed E-state index contributed by atoms with van der Waals surface area (Å²) in [6.07, 6.45) is 14.7. The van der Waals surface area contributed by atoms with Crippen molar-refractivity contribution in [3.8, 4) is 0 Å². The largest absolute Gasteiger partial charge is 0.258 e. The predicted octanol–water partition coefficient (Wildman–Crippen LogP) is 5.48. The fourth-order valence-electron chi connectivity index (χ4n) is 3.55. The molecule has 3 rings (SSSR count). The summed E-state index contributed by atoms with van der Waals surface area (Å²) in [6, 6.07) is 13.1. The maximum atomic E-state index is 4.84. The molecule has 0 amide bonds. The smallest absolute Gasteiger partial charge is 0.0406 e. The van der Waals surface area contributed by atoms with Crippen molar-refractivity contribution in [2.45, 2.75) is 77.0 Å². The van der Waals surface area contributed by atoms with Gasteiger partial charge in [0, 0.05) is 22.8 Å². The topological polar surface area (TPSA) is 25.8 Å². The minimum Gasteiger partial charge on any atom is -0.258 e. The van der Waals surface area contributed by atoms with Crippen molar-refractivity contribution in [1.29, 1.82) is 0 Å². The molecule has 0 spiro atoms. The summed E-state index contributed by atoms with van der Waals surface area (Å²) in [5.41, 5.74) is 5.12. The summed E-state index contributed by atoms with van der Waals surface area (Å²) in [5.74, 6) is 0. The van der Waals surface area contributed by atoms with E-state index in [1.165, 1.54) is 74.1 Å². The van der Waals surface area contributed by atoms with E-state index in [-0.39, 0.29) is 0 Å². The van der Waals surface area contributed by atoms with Gasteiger partial charge in [-0.15, -0.1) is 0 Å². The lowest BCUT2D eigenvalue weighted by molar-refractivity contribution is 0.614. The molecule has 2 nitrogen and oxygen atoms in total. The fraction of sp³-hybridized carbons (Fsp3) is 0.545. The Labute approximate surface area is 146 Å². The van der Waals surface area contributed by atoms with E-state index in [1.807, 2.05) is 0 Å². The first-order chi connectivity index (χ1) is 11.9. The lowest BCUT2D eigenvalue weighted by atomic mass is 10.0. The second-order valence-corrected chi connectivity index (χ2v) is 7.07. The molecule has 1 aliphatic rings. The average molecular weight is 322 g/mol. The molecule has 1 aliphatic heterocycles. The third-order valence-corrected chi connectivity index (χ3v) is 4.96. The second kappa shape index (κ2) is 9.56. The van der Waals surface area contributed by atoms with Gasteiger partial charge in [-0.3, -0.25) is 9.97 Å². The van der Waals surface area contributed by atoms with Crippen molar-refractivity contribution < 1.29 is 0 Å². The Bertz CT molecular complexity index is 519. The lowest BCUT2D eigenvalue weighted by Crippen LogP contribution is -1.99. The van der Waals surface area contributed by atoms with Gasteiger partial charge in [-0.05, 0) is 75.6 Å². The van der Waals surface area contributed by atoms with Crippen LogP contribution < -0.4 is 0 Å². The van der Waals surface area contributed by atoms with Crippen molar-refractivity contribution in [3.05, 3.63) is 59.2 Å². The molecule has 0 aromatic carbocycles. The number of aromatic nitrogens is 2. The highest BCUT2D eigenvalue weighted by molar-refractivity contribution is 5.12. The van der Waals surface area contributed by atoms with Crippen LogP contribution in [0.25, 0.3) is 0 Å². The maximum Gasteiger partial charge on any atom is 0.0406 e. The molecule has 128 valence electrons. The summed E-state index contributed by atoms with van der Waals surface area (Å²) >= 11 is 0. The van der Waals surface area contributed by atoms with Crippen LogP contribution in [0, 0.1) is 0 Å². The maximum absolute atomic E-state index is 4.84. The summed E-state index contributed by atoms with van der Waals surface area (Å²) in [7, 11) is 0. The third-order valence-electron chi connectivity index (χ3n) is 4.96. The van der Waals surface area contributed by atoms with Gasteiger partial charge in [-0.25, -0.2) is 0 Å². The van der Waals surface area contributed by atoms with E-state index in [9.17, 15) is 0 Å². The molecule has 4 bridgehead atoms. The van der Waals surface area contributed by atoms with Crippen molar-refractivity contribution in [3.63, 3.8) is 0 Å². The number of nitrogens with zero attached hydrogens (tertiary/aromatic N) is 2. The average Bonchev–Trinajstić information content (AvgIpc) is 2.61. The molecule has 2 heteroatoms. The van der Waals surface area contributed by atoms with E-state index >= 15 is 0 Å². The van der Waals surface area contributed by atoms with E-state index < -0.39 is 0 Å². The quantitative estimate of drug-likeness (QED) is 0.641. The standard InChI is InChI=1S/C22H30N2/c1-2-6-12-20-16-10-18-22(24-20)14-8-4-3-7-13-21-17-9-15-19(23-21)11-5-1/h9-10,15-18H,1-8,11-14H2. The fourth-order valence-corrected chi connectivity index (χ4v) is 3.55. The molecule has 0 saturated heterocycles. The minimum atomic E-state index is 1.13. The Morgan fingerprint density at radius 3 is 1.00 bits per heavy atom. The highest BCUT2D eigenvalue weighted by atomic mass is 14.7. The normalized spacial score (nSPS) is 17.7. The Hall–Kier alpha value is -1.70. The number of pyridine rings is 2. The molecule has 2 aromatic heterocycles. The third kappa shape index (κ3) is 5.74. The lowest BCUT2D eigenvalue weighted by Gasteiger charge is -2.07. The zero-order valence-electron chi connectivity index (χ0n) is 14.8. The molecular formula is C22H30N2.